The minimum absolute atomic E-state index is 0.381. The first-order valence-corrected chi connectivity index (χ1v) is 4.54. The minimum atomic E-state index is -5.09. The summed E-state index contributed by atoms with van der Waals surface area (Å²) in [7, 11) is 0. The van der Waals surface area contributed by atoms with Crippen molar-refractivity contribution >= 4 is 21.7 Å². The number of hydrogen-bond donors (Lipinski definition) is 0. The summed E-state index contributed by atoms with van der Waals surface area (Å²) in [6.07, 6.45) is -5.09. The largest absolute Gasteiger partial charge is 0.573 e. The average molecular weight is 312 g/mol. The summed E-state index contributed by atoms with van der Waals surface area (Å²) >= 11 is 2.64. The molecule has 0 N–H and O–H groups in total. The number of hydrogen-bond acceptors (Lipinski definition) is 5. The van der Waals surface area contributed by atoms with Gasteiger partial charge in [-0.1, -0.05) is 0 Å². The molecule has 0 aliphatic carbocycles. The number of ether oxygens (including phenoxy) is 1. The molecule has 0 amide bonds. The van der Waals surface area contributed by atoms with E-state index in [1.807, 2.05) is 0 Å². The summed E-state index contributed by atoms with van der Waals surface area (Å²) in [4.78, 5) is 12.4. The van der Waals surface area contributed by atoms with Gasteiger partial charge in [-0.2, -0.15) is 5.26 Å². The van der Waals surface area contributed by atoms with Crippen LogP contribution in [0, 0.1) is 21.4 Å². The van der Waals surface area contributed by atoms with Crippen molar-refractivity contribution in [3.05, 3.63) is 26.3 Å². The van der Waals surface area contributed by atoms with Gasteiger partial charge in [0.25, 0.3) is 5.69 Å². The molecule has 1 aromatic heterocycles. The van der Waals surface area contributed by atoms with Crippen molar-refractivity contribution in [2.45, 2.75) is 6.36 Å². The summed E-state index contributed by atoms with van der Waals surface area (Å²) < 4.78 is 39.0. The van der Waals surface area contributed by atoms with Crippen LogP contribution in [-0.2, 0) is 0 Å². The van der Waals surface area contributed by atoms with E-state index >= 15 is 0 Å². The third-order valence-corrected chi connectivity index (χ3v) is 2.00. The molecule has 17 heavy (non-hydrogen) atoms. The van der Waals surface area contributed by atoms with E-state index in [1.165, 1.54) is 6.07 Å². The Balaban J connectivity index is 3.38. The van der Waals surface area contributed by atoms with Crippen LogP contribution in [0.25, 0.3) is 0 Å². The van der Waals surface area contributed by atoms with E-state index in [0.29, 0.717) is 0 Å². The summed E-state index contributed by atoms with van der Waals surface area (Å²) in [6, 6.07) is 2.35. The van der Waals surface area contributed by atoms with Crippen LogP contribution < -0.4 is 4.74 Å². The van der Waals surface area contributed by atoms with Crippen LogP contribution in [0.4, 0.5) is 19.0 Å². The smallest absolute Gasteiger partial charge is 0.395 e. The van der Waals surface area contributed by atoms with Gasteiger partial charge in [0, 0.05) is 6.07 Å². The third kappa shape index (κ3) is 3.28. The summed E-state index contributed by atoms with van der Waals surface area (Å²) in [5, 5.41) is 19.0. The Bertz CT molecular complexity index is 512. The van der Waals surface area contributed by atoms with Gasteiger partial charge in [-0.15, -0.1) is 13.2 Å². The second-order valence-electron chi connectivity index (χ2n) is 2.56. The highest BCUT2D eigenvalue weighted by molar-refractivity contribution is 9.10. The maximum atomic E-state index is 12.0. The number of pyridine rings is 1. The maximum Gasteiger partial charge on any atom is 0.573 e. The van der Waals surface area contributed by atoms with Crippen molar-refractivity contribution in [3.8, 4) is 11.8 Å². The van der Waals surface area contributed by atoms with Gasteiger partial charge < -0.3 is 14.9 Å². The minimum Gasteiger partial charge on any atom is -0.395 e. The van der Waals surface area contributed by atoms with Crippen molar-refractivity contribution in [3.63, 3.8) is 0 Å². The van der Waals surface area contributed by atoms with E-state index in [4.69, 9.17) is 5.26 Å². The van der Waals surface area contributed by atoms with Gasteiger partial charge in [-0.3, -0.25) is 0 Å². The molecule has 0 aromatic carbocycles. The Hall–Kier alpha value is -1.89. The van der Waals surface area contributed by atoms with E-state index in [-0.39, 0.29) is 4.47 Å². The van der Waals surface area contributed by atoms with E-state index in [1.54, 1.807) is 0 Å². The normalized spacial score (nSPS) is 10.8. The predicted octanol–water partition coefficient (Wildman–Crippen LogP) is 2.52. The molecule has 0 aliphatic rings. The van der Waals surface area contributed by atoms with E-state index < -0.39 is 28.5 Å². The van der Waals surface area contributed by atoms with Crippen LogP contribution in [0.5, 0.6) is 5.75 Å². The molecule has 0 aliphatic heterocycles. The Morgan fingerprint density at radius 3 is 2.59 bits per heavy atom. The fourth-order valence-corrected chi connectivity index (χ4v) is 1.36. The summed E-state index contributed by atoms with van der Waals surface area (Å²) in [5.74, 6) is -2.28. The van der Waals surface area contributed by atoms with Crippen LogP contribution in [-0.4, -0.2) is 16.3 Å². The fourth-order valence-electron chi connectivity index (χ4n) is 0.881. The van der Waals surface area contributed by atoms with E-state index in [0.717, 1.165) is 6.07 Å². The number of rotatable bonds is 2. The second-order valence-corrected chi connectivity index (χ2v) is 3.41. The lowest BCUT2D eigenvalue weighted by molar-refractivity contribution is -0.393. The standard InChI is InChI=1S/C7HBrF3N3O3/c8-4-1-3(2-12)13-6(14(15)16)5(4)17-7(9,10)11/h1H. The number of nitrogens with zero attached hydrogens (tertiary/aromatic N) is 3. The molecule has 0 fully saturated rings. The van der Waals surface area contributed by atoms with Crippen LogP contribution in [0.1, 0.15) is 5.69 Å². The highest BCUT2D eigenvalue weighted by atomic mass is 79.9. The summed E-state index contributed by atoms with van der Waals surface area (Å²) in [5.41, 5.74) is -0.405. The van der Waals surface area contributed by atoms with E-state index in [2.05, 4.69) is 25.7 Å². The second kappa shape index (κ2) is 4.54. The molecule has 0 spiro atoms. The first kappa shape index (κ1) is 13.2. The maximum absolute atomic E-state index is 12.0. The zero-order valence-corrected chi connectivity index (χ0v) is 9.24. The van der Waals surface area contributed by atoms with Crippen molar-refractivity contribution < 1.29 is 22.8 Å². The number of nitro groups is 1. The van der Waals surface area contributed by atoms with Crippen molar-refractivity contribution in [2.75, 3.05) is 0 Å². The molecule has 0 atom stereocenters. The van der Waals surface area contributed by atoms with Gasteiger partial charge in [0.15, 0.2) is 0 Å². The number of halogens is 4. The predicted molar refractivity (Wildman–Crippen MR) is 50.0 cm³/mol. The van der Waals surface area contributed by atoms with Gasteiger partial charge in [0.1, 0.15) is 6.07 Å². The number of nitriles is 1. The quantitative estimate of drug-likeness (QED) is 0.618. The highest BCUT2D eigenvalue weighted by Crippen LogP contribution is 2.37. The topological polar surface area (TPSA) is 89.0 Å². The molecule has 1 aromatic rings. The molecule has 0 bridgehead atoms. The van der Waals surface area contributed by atoms with Crippen molar-refractivity contribution in [2.24, 2.45) is 0 Å². The van der Waals surface area contributed by atoms with Gasteiger partial charge in [-0.05, 0) is 25.8 Å². The van der Waals surface area contributed by atoms with Crippen LogP contribution in [0.3, 0.4) is 0 Å². The molecule has 0 radical (unpaired) electrons. The van der Waals surface area contributed by atoms with Gasteiger partial charge >= 0.3 is 12.2 Å². The van der Waals surface area contributed by atoms with Crippen molar-refractivity contribution in [1.82, 2.24) is 4.98 Å². The molecule has 1 rings (SSSR count). The highest BCUT2D eigenvalue weighted by Gasteiger charge is 2.37. The molecule has 0 saturated carbocycles. The SMILES string of the molecule is N#Cc1cc(Br)c(OC(F)(F)F)c([N+](=O)[O-])n1. The fraction of sp³-hybridized carbons (Fsp3) is 0.143. The van der Waals surface area contributed by atoms with E-state index in [9.17, 15) is 23.3 Å². The lowest BCUT2D eigenvalue weighted by Crippen LogP contribution is -2.18. The molecule has 90 valence electrons. The van der Waals surface area contributed by atoms with Gasteiger partial charge in [0.05, 0.1) is 4.47 Å². The zero-order chi connectivity index (χ0) is 13.2. The summed E-state index contributed by atoms with van der Waals surface area (Å²) in [6.45, 7) is 0. The molecule has 1 heterocycles. The Morgan fingerprint density at radius 2 is 2.18 bits per heavy atom. The average Bonchev–Trinajstić information content (AvgIpc) is 2.18. The number of aromatic nitrogens is 1. The number of alkyl halides is 3. The third-order valence-electron chi connectivity index (χ3n) is 1.42. The molecule has 6 nitrogen and oxygen atoms in total. The lowest BCUT2D eigenvalue weighted by atomic mass is 10.3. The molecular formula is C7HBrF3N3O3. The van der Waals surface area contributed by atoms with Crippen molar-refractivity contribution in [1.29, 1.82) is 5.26 Å². The molecular weight excluding hydrogens is 311 g/mol. The zero-order valence-electron chi connectivity index (χ0n) is 7.66. The van der Waals surface area contributed by atoms with Gasteiger partial charge in [0.2, 0.25) is 5.75 Å². The Morgan fingerprint density at radius 1 is 1.59 bits per heavy atom. The monoisotopic (exact) mass is 311 g/mol. The van der Waals surface area contributed by atoms with Crippen LogP contribution in [0.2, 0.25) is 0 Å². The Kier molecular flexibility index (Phi) is 3.52. The lowest BCUT2D eigenvalue weighted by Gasteiger charge is -2.09. The molecule has 0 saturated heterocycles. The first-order chi connectivity index (χ1) is 7.74. The molecule has 0 unspecified atom stereocenters. The van der Waals surface area contributed by atoms with Gasteiger partial charge in [-0.25, -0.2) is 0 Å². The Labute approximate surface area is 99.9 Å². The van der Waals surface area contributed by atoms with Crippen LogP contribution >= 0.6 is 15.9 Å². The first-order valence-electron chi connectivity index (χ1n) is 3.75. The van der Waals surface area contributed by atoms with Crippen LogP contribution in [0.15, 0.2) is 10.5 Å². The molecule has 10 heteroatoms.